The second kappa shape index (κ2) is 6.05. The third-order valence-electron chi connectivity index (χ3n) is 2.41. The predicted molar refractivity (Wildman–Crippen MR) is 71.2 cm³/mol. The Kier molecular flexibility index (Phi) is 5.25. The van der Waals surface area contributed by atoms with Gasteiger partial charge in [-0.15, -0.1) is 0 Å². The summed E-state index contributed by atoms with van der Waals surface area (Å²) >= 11 is 11.7. The SMILES string of the molecule is CCCCN(C)S(=O)(=O)c1cc(Cl)ccc1Cl. The maximum absolute atomic E-state index is 12.2. The minimum Gasteiger partial charge on any atom is -0.207 e. The zero-order valence-electron chi connectivity index (χ0n) is 9.78. The van der Waals surface area contributed by atoms with Crippen LogP contribution in [0.2, 0.25) is 10.0 Å². The minimum absolute atomic E-state index is 0.0604. The Morgan fingerprint density at radius 3 is 2.53 bits per heavy atom. The van der Waals surface area contributed by atoms with Crippen LogP contribution >= 0.6 is 23.2 Å². The van der Waals surface area contributed by atoms with Crippen LogP contribution in [0.5, 0.6) is 0 Å². The van der Waals surface area contributed by atoms with Gasteiger partial charge in [0.05, 0.1) is 5.02 Å². The highest BCUT2D eigenvalue weighted by molar-refractivity contribution is 7.89. The summed E-state index contributed by atoms with van der Waals surface area (Å²) in [5.74, 6) is 0. The first kappa shape index (κ1) is 14.8. The fourth-order valence-electron chi connectivity index (χ4n) is 1.34. The molecule has 0 amide bonds. The van der Waals surface area contributed by atoms with E-state index in [9.17, 15) is 8.42 Å². The zero-order chi connectivity index (χ0) is 13.1. The number of hydrogen-bond acceptors (Lipinski definition) is 2. The summed E-state index contributed by atoms with van der Waals surface area (Å²) < 4.78 is 25.7. The van der Waals surface area contributed by atoms with Gasteiger partial charge in [0, 0.05) is 18.6 Å². The smallest absolute Gasteiger partial charge is 0.207 e. The van der Waals surface area contributed by atoms with E-state index in [1.165, 1.54) is 16.4 Å². The molecule has 0 fully saturated rings. The van der Waals surface area contributed by atoms with Crippen molar-refractivity contribution in [1.82, 2.24) is 4.31 Å². The second-order valence-electron chi connectivity index (χ2n) is 3.75. The van der Waals surface area contributed by atoms with Gasteiger partial charge in [0.1, 0.15) is 4.90 Å². The molecule has 1 aromatic carbocycles. The van der Waals surface area contributed by atoms with Gasteiger partial charge in [-0.1, -0.05) is 36.5 Å². The zero-order valence-corrected chi connectivity index (χ0v) is 12.1. The molecule has 1 rings (SSSR count). The van der Waals surface area contributed by atoms with Crippen molar-refractivity contribution in [3.05, 3.63) is 28.2 Å². The lowest BCUT2D eigenvalue weighted by molar-refractivity contribution is 0.459. The van der Waals surface area contributed by atoms with Crippen LogP contribution in [0.3, 0.4) is 0 Å². The summed E-state index contributed by atoms with van der Waals surface area (Å²) in [6, 6.07) is 4.43. The van der Waals surface area contributed by atoms with Crippen LogP contribution < -0.4 is 0 Å². The Morgan fingerprint density at radius 1 is 1.29 bits per heavy atom. The van der Waals surface area contributed by atoms with E-state index in [0.717, 1.165) is 12.8 Å². The van der Waals surface area contributed by atoms with E-state index in [-0.39, 0.29) is 9.92 Å². The molecule has 0 radical (unpaired) electrons. The molecule has 0 aliphatic heterocycles. The molecule has 6 heteroatoms. The first-order valence-electron chi connectivity index (χ1n) is 5.31. The Morgan fingerprint density at radius 2 is 1.94 bits per heavy atom. The Bertz CT molecular complexity index is 488. The summed E-state index contributed by atoms with van der Waals surface area (Å²) in [5.41, 5.74) is 0. The molecule has 0 N–H and O–H groups in total. The van der Waals surface area contributed by atoms with Crippen LogP contribution in [0, 0.1) is 0 Å². The van der Waals surface area contributed by atoms with Crippen molar-refractivity contribution in [3.63, 3.8) is 0 Å². The van der Waals surface area contributed by atoms with Crippen LogP contribution in [-0.2, 0) is 10.0 Å². The topological polar surface area (TPSA) is 37.4 Å². The maximum Gasteiger partial charge on any atom is 0.244 e. The third kappa shape index (κ3) is 3.58. The van der Waals surface area contributed by atoms with E-state index in [2.05, 4.69) is 0 Å². The Hall–Kier alpha value is -0.290. The molecule has 0 aliphatic rings. The molecule has 17 heavy (non-hydrogen) atoms. The number of nitrogens with zero attached hydrogens (tertiary/aromatic N) is 1. The van der Waals surface area contributed by atoms with Gasteiger partial charge >= 0.3 is 0 Å². The van der Waals surface area contributed by atoms with Crippen molar-refractivity contribution in [3.8, 4) is 0 Å². The standard InChI is InChI=1S/C11H15Cl2NO2S/c1-3-4-7-14(2)17(15,16)11-8-9(12)5-6-10(11)13/h5-6,8H,3-4,7H2,1-2H3. The van der Waals surface area contributed by atoms with E-state index in [0.29, 0.717) is 11.6 Å². The lowest BCUT2D eigenvalue weighted by Crippen LogP contribution is -2.28. The highest BCUT2D eigenvalue weighted by Gasteiger charge is 2.23. The first-order chi connectivity index (χ1) is 7.89. The normalized spacial score (nSPS) is 12.1. The van der Waals surface area contributed by atoms with E-state index in [1.807, 2.05) is 6.92 Å². The van der Waals surface area contributed by atoms with E-state index in [1.54, 1.807) is 13.1 Å². The van der Waals surface area contributed by atoms with Crippen LogP contribution in [0.25, 0.3) is 0 Å². The van der Waals surface area contributed by atoms with Crippen molar-refractivity contribution in [2.75, 3.05) is 13.6 Å². The Labute approximate surface area is 112 Å². The molecule has 0 saturated carbocycles. The summed E-state index contributed by atoms with van der Waals surface area (Å²) in [6.07, 6.45) is 1.75. The fraction of sp³-hybridized carbons (Fsp3) is 0.455. The van der Waals surface area contributed by atoms with Crippen molar-refractivity contribution < 1.29 is 8.42 Å². The third-order valence-corrected chi connectivity index (χ3v) is 4.98. The van der Waals surface area contributed by atoms with Gasteiger partial charge in [0.2, 0.25) is 10.0 Å². The second-order valence-corrected chi connectivity index (χ2v) is 6.61. The molecular formula is C11H15Cl2NO2S. The molecule has 0 atom stereocenters. The van der Waals surface area contributed by atoms with Gasteiger partial charge in [0.15, 0.2) is 0 Å². The highest BCUT2D eigenvalue weighted by Crippen LogP contribution is 2.27. The molecule has 0 spiro atoms. The van der Waals surface area contributed by atoms with E-state index in [4.69, 9.17) is 23.2 Å². The van der Waals surface area contributed by atoms with E-state index < -0.39 is 10.0 Å². The lowest BCUT2D eigenvalue weighted by atomic mass is 10.3. The predicted octanol–water partition coefficient (Wildman–Crippen LogP) is 3.41. The van der Waals surface area contributed by atoms with Gasteiger partial charge in [0.25, 0.3) is 0 Å². The minimum atomic E-state index is -3.55. The summed E-state index contributed by atoms with van der Waals surface area (Å²) in [4.78, 5) is 0.0604. The number of sulfonamides is 1. The average Bonchev–Trinajstić information content (AvgIpc) is 2.28. The molecule has 0 aromatic heterocycles. The molecule has 0 saturated heterocycles. The van der Waals surface area contributed by atoms with Crippen LogP contribution in [0.4, 0.5) is 0 Å². The molecule has 0 aliphatic carbocycles. The lowest BCUT2D eigenvalue weighted by Gasteiger charge is -2.17. The number of unbranched alkanes of at least 4 members (excludes halogenated alkanes) is 1. The number of benzene rings is 1. The number of hydrogen-bond donors (Lipinski definition) is 0. The molecule has 0 heterocycles. The van der Waals surface area contributed by atoms with Gasteiger partial charge in [-0.05, 0) is 24.6 Å². The quantitative estimate of drug-likeness (QED) is 0.835. The first-order valence-corrected chi connectivity index (χ1v) is 7.50. The fourth-order valence-corrected chi connectivity index (χ4v) is 3.29. The largest absolute Gasteiger partial charge is 0.244 e. The van der Waals surface area contributed by atoms with Crippen molar-refractivity contribution in [1.29, 1.82) is 0 Å². The Balaban J connectivity index is 3.08. The van der Waals surface area contributed by atoms with Gasteiger partial charge in [-0.2, -0.15) is 0 Å². The summed E-state index contributed by atoms with van der Waals surface area (Å²) in [5, 5.41) is 0.551. The van der Waals surface area contributed by atoms with Crippen LogP contribution in [0.1, 0.15) is 19.8 Å². The average molecular weight is 296 g/mol. The van der Waals surface area contributed by atoms with Gasteiger partial charge in [-0.25, -0.2) is 12.7 Å². The monoisotopic (exact) mass is 295 g/mol. The molecular weight excluding hydrogens is 281 g/mol. The molecule has 1 aromatic rings. The van der Waals surface area contributed by atoms with Crippen LogP contribution in [-0.4, -0.2) is 26.3 Å². The number of rotatable bonds is 5. The molecule has 96 valence electrons. The van der Waals surface area contributed by atoms with Crippen LogP contribution in [0.15, 0.2) is 23.1 Å². The summed E-state index contributed by atoms with van der Waals surface area (Å²) in [7, 11) is -2.00. The molecule has 0 bridgehead atoms. The summed E-state index contributed by atoms with van der Waals surface area (Å²) in [6.45, 7) is 2.48. The maximum atomic E-state index is 12.2. The van der Waals surface area contributed by atoms with Gasteiger partial charge in [-0.3, -0.25) is 0 Å². The number of halogens is 2. The van der Waals surface area contributed by atoms with Crippen molar-refractivity contribution in [2.45, 2.75) is 24.7 Å². The van der Waals surface area contributed by atoms with E-state index >= 15 is 0 Å². The highest BCUT2D eigenvalue weighted by atomic mass is 35.5. The molecule has 0 unspecified atom stereocenters. The van der Waals surface area contributed by atoms with Crippen molar-refractivity contribution in [2.24, 2.45) is 0 Å². The van der Waals surface area contributed by atoms with Crippen molar-refractivity contribution >= 4 is 33.2 Å². The molecule has 3 nitrogen and oxygen atoms in total. The van der Waals surface area contributed by atoms with Gasteiger partial charge < -0.3 is 0 Å².